The van der Waals surface area contributed by atoms with Crippen molar-refractivity contribution in [2.45, 2.75) is 64.9 Å². The molecule has 0 aromatic carbocycles. The van der Waals surface area contributed by atoms with Gasteiger partial charge in [0.05, 0.1) is 6.10 Å². The molecular formula is C12H25NO2. The van der Waals surface area contributed by atoms with Gasteiger partial charge in [-0.1, -0.05) is 26.7 Å². The Balaban J connectivity index is 3.26. The average molecular weight is 215 g/mol. The third kappa shape index (κ3) is 9.73. The van der Waals surface area contributed by atoms with E-state index in [1.807, 2.05) is 6.92 Å². The molecule has 0 rings (SSSR count). The predicted molar refractivity (Wildman–Crippen MR) is 62.7 cm³/mol. The van der Waals surface area contributed by atoms with Crippen molar-refractivity contribution in [3.63, 3.8) is 0 Å². The second-order valence-electron chi connectivity index (χ2n) is 4.04. The highest BCUT2D eigenvalue weighted by Crippen LogP contribution is 2.05. The van der Waals surface area contributed by atoms with Crippen LogP contribution in [-0.4, -0.2) is 23.7 Å². The lowest BCUT2D eigenvalue weighted by Crippen LogP contribution is -2.24. The van der Waals surface area contributed by atoms with Crippen LogP contribution in [0.15, 0.2) is 0 Å². The molecular weight excluding hydrogens is 190 g/mol. The van der Waals surface area contributed by atoms with Gasteiger partial charge in [0.2, 0.25) is 5.91 Å². The zero-order valence-electron chi connectivity index (χ0n) is 10.1. The van der Waals surface area contributed by atoms with Crippen LogP contribution in [-0.2, 0) is 4.79 Å². The quantitative estimate of drug-likeness (QED) is 0.579. The van der Waals surface area contributed by atoms with Gasteiger partial charge in [0.1, 0.15) is 0 Å². The summed E-state index contributed by atoms with van der Waals surface area (Å²) < 4.78 is 0. The first-order valence-electron chi connectivity index (χ1n) is 6.15. The lowest BCUT2D eigenvalue weighted by atomic mass is 10.1. The minimum absolute atomic E-state index is 0.126. The van der Waals surface area contributed by atoms with Crippen LogP contribution in [0.3, 0.4) is 0 Å². The minimum Gasteiger partial charge on any atom is -0.393 e. The third-order valence-corrected chi connectivity index (χ3v) is 2.40. The van der Waals surface area contributed by atoms with Crippen LogP contribution >= 0.6 is 0 Å². The molecule has 0 saturated heterocycles. The molecule has 0 heterocycles. The highest BCUT2D eigenvalue weighted by Gasteiger charge is 2.03. The van der Waals surface area contributed by atoms with E-state index in [2.05, 4.69) is 12.2 Å². The van der Waals surface area contributed by atoms with Crippen molar-refractivity contribution < 1.29 is 9.90 Å². The molecule has 1 unspecified atom stereocenters. The summed E-state index contributed by atoms with van der Waals surface area (Å²) in [5, 5.41) is 12.4. The number of rotatable bonds is 9. The summed E-state index contributed by atoms with van der Waals surface area (Å²) in [6.45, 7) is 4.81. The number of carbonyl (C=O) groups excluding carboxylic acids is 1. The number of amides is 1. The van der Waals surface area contributed by atoms with Gasteiger partial charge < -0.3 is 10.4 Å². The van der Waals surface area contributed by atoms with E-state index in [1.165, 1.54) is 0 Å². The number of nitrogens with one attached hydrogen (secondary N) is 1. The SMILES string of the molecule is CCCCC(O)CCCNC(=O)CCC. The molecule has 0 spiro atoms. The zero-order valence-corrected chi connectivity index (χ0v) is 10.1. The number of hydrogen-bond acceptors (Lipinski definition) is 2. The highest BCUT2D eigenvalue weighted by atomic mass is 16.3. The maximum Gasteiger partial charge on any atom is 0.219 e. The van der Waals surface area contributed by atoms with Crippen LogP contribution < -0.4 is 5.32 Å². The summed E-state index contributed by atoms with van der Waals surface area (Å²) in [4.78, 5) is 11.1. The number of carbonyl (C=O) groups is 1. The second-order valence-corrected chi connectivity index (χ2v) is 4.04. The fourth-order valence-corrected chi connectivity index (χ4v) is 1.47. The van der Waals surface area contributed by atoms with Crippen LogP contribution in [0, 0.1) is 0 Å². The van der Waals surface area contributed by atoms with E-state index in [1.54, 1.807) is 0 Å². The fraction of sp³-hybridized carbons (Fsp3) is 0.917. The predicted octanol–water partition coefficient (Wildman–Crippen LogP) is 2.23. The molecule has 90 valence electrons. The van der Waals surface area contributed by atoms with E-state index < -0.39 is 0 Å². The molecule has 0 aliphatic rings. The van der Waals surface area contributed by atoms with Crippen molar-refractivity contribution >= 4 is 5.91 Å². The van der Waals surface area contributed by atoms with Crippen LogP contribution in [0.2, 0.25) is 0 Å². The molecule has 1 atom stereocenters. The Morgan fingerprint density at radius 3 is 2.47 bits per heavy atom. The Hall–Kier alpha value is -0.570. The Morgan fingerprint density at radius 2 is 1.87 bits per heavy atom. The van der Waals surface area contributed by atoms with Crippen LogP contribution in [0.25, 0.3) is 0 Å². The lowest BCUT2D eigenvalue weighted by Gasteiger charge is -2.09. The van der Waals surface area contributed by atoms with Crippen molar-refractivity contribution in [1.29, 1.82) is 0 Å². The Labute approximate surface area is 93.3 Å². The third-order valence-electron chi connectivity index (χ3n) is 2.40. The Bertz CT molecular complexity index is 160. The first-order chi connectivity index (χ1) is 7.20. The maximum absolute atomic E-state index is 11.1. The summed E-state index contributed by atoms with van der Waals surface area (Å²) in [6.07, 6.45) is 6.09. The lowest BCUT2D eigenvalue weighted by molar-refractivity contribution is -0.121. The molecule has 0 aliphatic carbocycles. The Morgan fingerprint density at radius 1 is 1.20 bits per heavy atom. The van der Waals surface area contributed by atoms with E-state index in [0.29, 0.717) is 13.0 Å². The zero-order chi connectivity index (χ0) is 11.5. The first kappa shape index (κ1) is 14.4. The van der Waals surface area contributed by atoms with Crippen LogP contribution in [0.4, 0.5) is 0 Å². The van der Waals surface area contributed by atoms with E-state index in [0.717, 1.165) is 38.5 Å². The van der Waals surface area contributed by atoms with Gasteiger partial charge in [0.25, 0.3) is 0 Å². The van der Waals surface area contributed by atoms with Gasteiger partial charge in [0.15, 0.2) is 0 Å². The first-order valence-corrected chi connectivity index (χ1v) is 6.15. The number of unbranched alkanes of at least 4 members (excludes halogenated alkanes) is 1. The monoisotopic (exact) mass is 215 g/mol. The molecule has 3 heteroatoms. The molecule has 3 nitrogen and oxygen atoms in total. The molecule has 15 heavy (non-hydrogen) atoms. The summed E-state index contributed by atoms with van der Waals surface area (Å²) in [6, 6.07) is 0. The summed E-state index contributed by atoms with van der Waals surface area (Å²) in [7, 11) is 0. The number of aliphatic hydroxyl groups is 1. The number of hydrogen-bond donors (Lipinski definition) is 2. The summed E-state index contributed by atoms with van der Waals surface area (Å²) in [5.74, 6) is 0.126. The van der Waals surface area contributed by atoms with Gasteiger partial charge in [-0.05, 0) is 25.7 Å². The topological polar surface area (TPSA) is 49.3 Å². The summed E-state index contributed by atoms with van der Waals surface area (Å²) >= 11 is 0. The molecule has 1 amide bonds. The van der Waals surface area contributed by atoms with Gasteiger partial charge in [-0.3, -0.25) is 4.79 Å². The maximum atomic E-state index is 11.1. The Kier molecular flexibility index (Phi) is 9.59. The molecule has 0 radical (unpaired) electrons. The largest absolute Gasteiger partial charge is 0.393 e. The second kappa shape index (κ2) is 9.97. The molecule has 0 fully saturated rings. The van der Waals surface area contributed by atoms with Crippen molar-refractivity contribution in [3.05, 3.63) is 0 Å². The highest BCUT2D eigenvalue weighted by molar-refractivity contribution is 5.75. The van der Waals surface area contributed by atoms with Gasteiger partial charge in [-0.2, -0.15) is 0 Å². The smallest absolute Gasteiger partial charge is 0.219 e. The number of aliphatic hydroxyl groups excluding tert-OH is 1. The molecule has 0 aliphatic heterocycles. The molecule has 0 saturated carbocycles. The van der Waals surface area contributed by atoms with E-state index in [4.69, 9.17) is 0 Å². The minimum atomic E-state index is -0.187. The molecule has 0 aromatic heterocycles. The fourth-order valence-electron chi connectivity index (χ4n) is 1.47. The van der Waals surface area contributed by atoms with E-state index >= 15 is 0 Å². The van der Waals surface area contributed by atoms with E-state index in [9.17, 15) is 9.90 Å². The average Bonchev–Trinajstić information content (AvgIpc) is 2.22. The molecule has 2 N–H and O–H groups in total. The van der Waals surface area contributed by atoms with Gasteiger partial charge >= 0.3 is 0 Å². The molecule has 0 aromatic rings. The van der Waals surface area contributed by atoms with Gasteiger partial charge in [-0.25, -0.2) is 0 Å². The van der Waals surface area contributed by atoms with E-state index in [-0.39, 0.29) is 12.0 Å². The van der Waals surface area contributed by atoms with Crippen molar-refractivity contribution in [2.24, 2.45) is 0 Å². The van der Waals surface area contributed by atoms with Crippen molar-refractivity contribution in [3.8, 4) is 0 Å². The normalized spacial score (nSPS) is 12.5. The van der Waals surface area contributed by atoms with Crippen molar-refractivity contribution in [2.75, 3.05) is 6.54 Å². The van der Waals surface area contributed by atoms with Gasteiger partial charge in [0, 0.05) is 13.0 Å². The molecule has 0 bridgehead atoms. The van der Waals surface area contributed by atoms with Crippen LogP contribution in [0.1, 0.15) is 58.8 Å². The van der Waals surface area contributed by atoms with Gasteiger partial charge in [-0.15, -0.1) is 0 Å². The van der Waals surface area contributed by atoms with Crippen molar-refractivity contribution in [1.82, 2.24) is 5.32 Å². The van der Waals surface area contributed by atoms with Crippen LogP contribution in [0.5, 0.6) is 0 Å². The standard InChI is InChI=1S/C12H25NO2/c1-3-5-8-11(14)9-6-10-13-12(15)7-4-2/h11,14H,3-10H2,1-2H3,(H,13,15). The summed E-state index contributed by atoms with van der Waals surface area (Å²) in [5.41, 5.74) is 0.